The Morgan fingerprint density at radius 2 is 1.74 bits per heavy atom. The van der Waals surface area contributed by atoms with E-state index in [0.29, 0.717) is 42.0 Å². The lowest BCUT2D eigenvalue weighted by Gasteiger charge is -2.24. The Hall–Kier alpha value is -4.07. The minimum atomic E-state index is -0.728. The second-order valence-corrected chi connectivity index (χ2v) is 8.11. The van der Waals surface area contributed by atoms with Gasteiger partial charge in [0.15, 0.2) is 0 Å². The number of benzene rings is 3. The highest BCUT2D eigenvalue weighted by molar-refractivity contribution is 5.97. The van der Waals surface area contributed by atoms with Gasteiger partial charge in [-0.1, -0.05) is 36.4 Å². The molecule has 0 atom stereocenters. The van der Waals surface area contributed by atoms with Gasteiger partial charge in [0.25, 0.3) is 11.5 Å². The Morgan fingerprint density at radius 3 is 2.43 bits per heavy atom. The smallest absolute Gasteiger partial charge is 0.263 e. The molecule has 0 unspecified atom stereocenters. The number of carbonyl (C=O) groups excluding carboxylic acids is 1. The molecule has 4 rings (SSSR count). The van der Waals surface area contributed by atoms with Gasteiger partial charge in [0.2, 0.25) is 5.95 Å². The molecule has 0 aliphatic heterocycles. The normalized spacial score (nSPS) is 11.0. The van der Waals surface area contributed by atoms with Crippen LogP contribution in [0.3, 0.4) is 0 Å². The van der Waals surface area contributed by atoms with Crippen molar-refractivity contribution in [3.63, 3.8) is 0 Å². The summed E-state index contributed by atoms with van der Waals surface area (Å²) in [5.41, 5.74) is 1.65. The summed E-state index contributed by atoms with van der Waals surface area (Å²) in [4.78, 5) is 33.0. The van der Waals surface area contributed by atoms with E-state index in [1.165, 1.54) is 6.07 Å². The number of nitrogens with one attached hydrogen (secondary N) is 1. The van der Waals surface area contributed by atoms with Gasteiger partial charge in [-0.05, 0) is 43.7 Å². The molecule has 0 radical (unpaired) electrons. The number of amides is 1. The summed E-state index contributed by atoms with van der Waals surface area (Å²) in [6.45, 7) is 5.58. The summed E-state index contributed by atoms with van der Waals surface area (Å²) in [5.74, 6) is -1.33. The number of hydrogen-bond acceptors (Lipinski definition) is 4. The lowest BCUT2D eigenvalue weighted by atomic mass is 10.1. The molecule has 8 heteroatoms. The molecule has 0 saturated heterocycles. The van der Waals surface area contributed by atoms with E-state index in [0.717, 1.165) is 17.7 Å². The monoisotopic (exact) mass is 476 g/mol. The van der Waals surface area contributed by atoms with Gasteiger partial charge in [-0.25, -0.2) is 13.8 Å². The summed E-state index contributed by atoms with van der Waals surface area (Å²) >= 11 is 0. The first-order valence-electron chi connectivity index (χ1n) is 11.5. The molecular formula is C27H26F2N4O2. The number of aromatic nitrogens is 2. The summed E-state index contributed by atoms with van der Waals surface area (Å²) in [7, 11) is 0. The molecule has 1 heterocycles. The van der Waals surface area contributed by atoms with E-state index >= 15 is 0 Å². The van der Waals surface area contributed by atoms with Gasteiger partial charge in [0.1, 0.15) is 11.6 Å². The topological polar surface area (TPSA) is 67.2 Å². The van der Waals surface area contributed by atoms with Crippen LogP contribution in [0.1, 0.15) is 35.3 Å². The van der Waals surface area contributed by atoms with Crippen LogP contribution in [0.25, 0.3) is 10.9 Å². The van der Waals surface area contributed by atoms with Crippen LogP contribution < -0.4 is 15.8 Å². The van der Waals surface area contributed by atoms with Crippen LogP contribution in [0.5, 0.6) is 0 Å². The predicted molar refractivity (Wildman–Crippen MR) is 133 cm³/mol. The van der Waals surface area contributed by atoms with Crippen LogP contribution in [-0.4, -0.2) is 28.5 Å². The summed E-state index contributed by atoms with van der Waals surface area (Å²) in [6, 6.07) is 17.6. The zero-order chi connectivity index (χ0) is 24.9. The summed E-state index contributed by atoms with van der Waals surface area (Å²) < 4.78 is 28.7. The fourth-order valence-corrected chi connectivity index (χ4v) is 3.95. The molecule has 1 aromatic heterocycles. The quantitative estimate of drug-likeness (QED) is 0.407. The van der Waals surface area contributed by atoms with Crippen LogP contribution in [-0.2, 0) is 13.1 Å². The van der Waals surface area contributed by atoms with Crippen LogP contribution in [0.2, 0.25) is 0 Å². The van der Waals surface area contributed by atoms with Crippen molar-refractivity contribution in [2.75, 3.05) is 18.0 Å². The van der Waals surface area contributed by atoms with Crippen molar-refractivity contribution in [1.29, 1.82) is 0 Å². The summed E-state index contributed by atoms with van der Waals surface area (Å²) in [5, 5.41) is 3.04. The Bertz CT molecular complexity index is 1420. The Kier molecular flexibility index (Phi) is 7.19. The average molecular weight is 477 g/mol. The minimum absolute atomic E-state index is 0.0974. The molecule has 1 N–H and O–H groups in total. The van der Waals surface area contributed by atoms with Crippen molar-refractivity contribution in [1.82, 2.24) is 14.9 Å². The molecule has 180 valence electrons. The first-order chi connectivity index (χ1) is 16.9. The average Bonchev–Trinajstić information content (AvgIpc) is 2.86. The molecule has 4 aromatic rings. The first kappa shape index (κ1) is 24.1. The van der Waals surface area contributed by atoms with Gasteiger partial charge < -0.3 is 10.2 Å². The van der Waals surface area contributed by atoms with Crippen molar-refractivity contribution in [3.8, 4) is 0 Å². The number of fused-ring (bicyclic) bond motifs is 1. The zero-order valence-corrected chi connectivity index (χ0v) is 19.6. The third kappa shape index (κ3) is 5.21. The van der Waals surface area contributed by atoms with Crippen molar-refractivity contribution < 1.29 is 13.6 Å². The molecule has 0 aliphatic rings. The van der Waals surface area contributed by atoms with Gasteiger partial charge in [-0.15, -0.1) is 0 Å². The number of hydrogen-bond donors (Lipinski definition) is 1. The van der Waals surface area contributed by atoms with Crippen molar-refractivity contribution in [2.45, 2.75) is 26.9 Å². The van der Waals surface area contributed by atoms with Gasteiger partial charge in [-0.2, -0.15) is 0 Å². The standard InChI is InChI=1S/C27H26F2N4O2/c1-3-32(4-2)27-31-24-14-19(25(34)30-16-20-10-12-21(28)15-23(20)29)11-13-22(24)26(35)33(27)17-18-8-6-5-7-9-18/h5-15H,3-4,16-17H2,1-2H3,(H,30,34). The van der Waals surface area contributed by atoms with Crippen LogP contribution in [0, 0.1) is 11.6 Å². The van der Waals surface area contributed by atoms with E-state index in [-0.39, 0.29) is 17.7 Å². The third-order valence-electron chi connectivity index (χ3n) is 5.88. The maximum atomic E-state index is 13.9. The molecule has 35 heavy (non-hydrogen) atoms. The van der Waals surface area contributed by atoms with Crippen LogP contribution in [0.4, 0.5) is 14.7 Å². The van der Waals surface area contributed by atoms with E-state index in [1.54, 1.807) is 22.8 Å². The number of anilines is 1. The highest BCUT2D eigenvalue weighted by atomic mass is 19.1. The number of carbonyl (C=O) groups is 1. The molecule has 0 saturated carbocycles. The maximum absolute atomic E-state index is 13.9. The number of rotatable bonds is 8. The maximum Gasteiger partial charge on any atom is 0.263 e. The molecular weight excluding hydrogens is 450 g/mol. The largest absolute Gasteiger partial charge is 0.348 e. The molecule has 0 fully saturated rings. The second-order valence-electron chi connectivity index (χ2n) is 8.11. The molecule has 1 amide bonds. The number of halogens is 2. The van der Waals surface area contributed by atoms with Gasteiger partial charge in [0.05, 0.1) is 17.4 Å². The fourth-order valence-electron chi connectivity index (χ4n) is 3.95. The fraction of sp³-hybridized carbons (Fsp3) is 0.222. The highest BCUT2D eigenvalue weighted by Gasteiger charge is 2.17. The van der Waals surface area contributed by atoms with E-state index in [2.05, 4.69) is 5.32 Å². The first-order valence-corrected chi connectivity index (χ1v) is 11.5. The SMILES string of the molecule is CCN(CC)c1nc2cc(C(=O)NCc3ccc(F)cc3F)ccc2c(=O)n1Cc1ccccc1. The molecule has 0 spiro atoms. The minimum Gasteiger partial charge on any atom is -0.348 e. The Morgan fingerprint density at radius 1 is 1.00 bits per heavy atom. The zero-order valence-electron chi connectivity index (χ0n) is 19.6. The molecule has 0 aliphatic carbocycles. The van der Waals surface area contributed by atoms with Crippen molar-refractivity contribution in [3.05, 3.63) is 105 Å². The summed E-state index contributed by atoms with van der Waals surface area (Å²) in [6.07, 6.45) is 0. The second kappa shape index (κ2) is 10.5. The highest BCUT2D eigenvalue weighted by Crippen LogP contribution is 2.19. The van der Waals surface area contributed by atoms with E-state index in [4.69, 9.17) is 4.98 Å². The lowest BCUT2D eigenvalue weighted by molar-refractivity contribution is 0.0950. The van der Waals surface area contributed by atoms with Crippen molar-refractivity contribution >= 4 is 22.8 Å². The number of nitrogens with zero attached hydrogens (tertiary/aromatic N) is 3. The Labute approximate surface area is 201 Å². The molecule has 3 aromatic carbocycles. The van der Waals surface area contributed by atoms with Gasteiger partial charge in [-0.3, -0.25) is 14.2 Å². The van der Waals surface area contributed by atoms with Crippen LogP contribution >= 0.6 is 0 Å². The Balaban J connectivity index is 1.69. The third-order valence-corrected chi connectivity index (χ3v) is 5.88. The van der Waals surface area contributed by atoms with Gasteiger partial charge >= 0.3 is 0 Å². The van der Waals surface area contributed by atoms with E-state index in [1.807, 2.05) is 49.1 Å². The molecule has 6 nitrogen and oxygen atoms in total. The van der Waals surface area contributed by atoms with E-state index < -0.39 is 17.5 Å². The van der Waals surface area contributed by atoms with Gasteiger partial charge in [0, 0.05) is 36.8 Å². The van der Waals surface area contributed by atoms with E-state index in [9.17, 15) is 18.4 Å². The van der Waals surface area contributed by atoms with Crippen LogP contribution in [0.15, 0.2) is 71.5 Å². The predicted octanol–water partition coefficient (Wildman–Crippen LogP) is 4.50. The lowest BCUT2D eigenvalue weighted by Crippen LogP contribution is -2.33. The van der Waals surface area contributed by atoms with Crippen molar-refractivity contribution in [2.24, 2.45) is 0 Å². The molecule has 0 bridgehead atoms.